The first-order valence-corrected chi connectivity index (χ1v) is 20.8. The first-order chi connectivity index (χ1) is 28.9. The normalized spacial score (nSPS) is 22.4. The van der Waals surface area contributed by atoms with Gasteiger partial charge in [0.2, 0.25) is 5.75 Å². The highest BCUT2D eigenvalue weighted by molar-refractivity contribution is 5.97. The van der Waals surface area contributed by atoms with E-state index < -0.39 is 29.6 Å². The van der Waals surface area contributed by atoms with Crippen molar-refractivity contribution >= 4 is 34.0 Å². The number of aliphatic hydroxyl groups is 1. The number of phenols is 2. The number of dihydropyridines is 1. The molecule has 2 aromatic carbocycles. The molecule has 0 saturated carbocycles. The van der Waals surface area contributed by atoms with E-state index in [4.69, 9.17) is 9.47 Å². The molecule has 0 unspecified atom stereocenters. The third-order valence-electron chi connectivity index (χ3n) is 12.5. The molecule has 12 nitrogen and oxygen atoms in total. The van der Waals surface area contributed by atoms with Crippen LogP contribution in [0.25, 0.3) is 10.8 Å². The van der Waals surface area contributed by atoms with Crippen molar-refractivity contribution in [2.45, 2.75) is 90.9 Å². The third-order valence-corrected chi connectivity index (χ3v) is 12.5. The van der Waals surface area contributed by atoms with Crippen LogP contribution in [0.2, 0.25) is 0 Å². The van der Waals surface area contributed by atoms with Gasteiger partial charge in [-0.15, -0.1) is 0 Å². The average molecular weight is 817 g/mol. The highest BCUT2D eigenvalue weighted by atomic mass is 16.5. The third kappa shape index (κ3) is 9.08. The Labute approximate surface area is 350 Å². The second-order valence-electron chi connectivity index (χ2n) is 16.5. The second-order valence-corrected chi connectivity index (χ2v) is 16.5. The number of aromatic amines is 1. The summed E-state index contributed by atoms with van der Waals surface area (Å²) in [5.74, 6) is -0.336. The lowest BCUT2D eigenvalue weighted by atomic mass is 9.66. The number of anilines is 1. The molecular formula is C48H56N4O8. The number of aliphatic hydroxyl groups excluding tert-OH is 1. The summed E-state index contributed by atoms with van der Waals surface area (Å²) in [4.78, 5) is 45.0. The zero-order chi connectivity index (χ0) is 42.6. The minimum Gasteiger partial charge on any atom is -0.504 e. The van der Waals surface area contributed by atoms with Gasteiger partial charge in [0.15, 0.2) is 11.5 Å². The molecule has 4 aromatic rings. The van der Waals surface area contributed by atoms with E-state index in [1.54, 1.807) is 13.0 Å². The summed E-state index contributed by atoms with van der Waals surface area (Å²) >= 11 is 0. The number of Topliss-reactive ketones (excluding diaryl/α,β-unsaturated/α-hetero) is 2. The Morgan fingerprint density at radius 3 is 2.57 bits per heavy atom. The monoisotopic (exact) mass is 816 g/mol. The van der Waals surface area contributed by atoms with Crippen molar-refractivity contribution in [2.75, 3.05) is 25.1 Å². The van der Waals surface area contributed by atoms with Crippen LogP contribution in [-0.2, 0) is 38.6 Å². The predicted octanol–water partition coefficient (Wildman–Crippen LogP) is 7.63. The number of rotatable bonds is 7. The highest BCUT2D eigenvalue weighted by Crippen LogP contribution is 2.44. The van der Waals surface area contributed by atoms with Crippen LogP contribution in [0.3, 0.4) is 0 Å². The maximum Gasteiger partial charge on any atom is 0.302 e. The maximum atomic E-state index is 14.4. The number of ether oxygens (including phenoxy) is 2. The number of aromatic nitrogens is 2. The van der Waals surface area contributed by atoms with Gasteiger partial charge in [-0.2, -0.15) is 0 Å². The molecule has 0 radical (unpaired) electrons. The molecule has 5 N–H and O–H groups in total. The minimum absolute atomic E-state index is 0.0294. The van der Waals surface area contributed by atoms with Crippen molar-refractivity contribution in [3.63, 3.8) is 0 Å². The Kier molecular flexibility index (Phi) is 12.7. The van der Waals surface area contributed by atoms with Gasteiger partial charge in [0.1, 0.15) is 23.5 Å². The molecular weight excluding hydrogens is 761 g/mol. The van der Waals surface area contributed by atoms with Crippen molar-refractivity contribution in [1.29, 1.82) is 0 Å². The van der Waals surface area contributed by atoms with Gasteiger partial charge in [-0.3, -0.25) is 14.4 Å². The summed E-state index contributed by atoms with van der Waals surface area (Å²) in [7, 11) is 1.39. The number of fused-ring (bicyclic) bond motifs is 3. The number of benzene rings is 2. The molecule has 12 heteroatoms. The van der Waals surface area contributed by atoms with E-state index in [2.05, 4.69) is 71.0 Å². The predicted molar refractivity (Wildman–Crippen MR) is 231 cm³/mol. The Morgan fingerprint density at radius 2 is 1.82 bits per heavy atom. The Hall–Kier alpha value is -6.01. The molecule has 1 spiro atoms. The molecule has 4 bridgehead atoms. The van der Waals surface area contributed by atoms with Crippen LogP contribution in [0, 0.1) is 11.3 Å². The first-order valence-electron chi connectivity index (χ1n) is 20.8. The van der Waals surface area contributed by atoms with E-state index in [0.717, 1.165) is 41.5 Å². The molecule has 4 heterocycles. The quantitative estimate of drug-likeness (QED) is 0.0925. The van der Waals surface area contributed by atoms with Gasteiger partial charge in [0.05, 0.1) is 25.4 Å². The number of H-pyrrole nitrogens is 1. The Balaban J connectivity index is 1.39. The number of nitrogens with zero attached hydrogens (tertiary/aromatic N) is 2. The van der Waals surface area contributed by atoms with Crippen LogP contribution < -0.4 is 15.0 Å². The lowest BCUT2D eigenvalue weighted by molar-refractivity contribution is -0.148. The summed E-state index contributed by atoms with van der Waals surface area (Å²) in [6.07, 6.45) is 24.0. The van der Waals surface area contributed by atoms with E-state index >= 15 is 0 Å². The van der Waals surface area contributed by atoms with Gasteiger partial charge in [-0.1, -0.05) is 43.4 Å². The number of esters is 1. The van der Waals surface area contributed by atoms with E-state index in [0.29, 0.717) is 43.5 Å². The smallest absolute Gasteiger partial charge is 0.302 e. The lowest BCUT2D eigenvalue weighted by Crippen LogP contribution is -2.35. The van der Waals surface area contributed by atoms with Crippen LogP contribution >= 0.6 is 0 Å². The van der Waals surface area contributed by atoms with Gasteiger partial charge in [0.25, 0.3) is 0 Å². The topological polar surface area (TPSA) is 166 Å². The summed E-state index contributed by atoms with van der Waals surface area (Å²) in [6.45, 7) is 5.92. The molecule has 0 fully saturated rings. The van der Waals surface area contributed by atoms with Gasteiger partial charge in [-0.25, -0.2) is 0 Å². The van der Waals surface area contributed by atoms with E-state index in [1.807, 2.05) is 29.1 Å². The van der Waals surface area contributed by atoms with Crippen LogP contribution in [0.1, 0.15) is 87.6 Å². The number of nitrogens with one attached hydrogen (secondary N) is 2. The number of ketones is 2. The second kappa shape index (κ2) is 18.1. The van der Waals surface area contributed by atoms with Gasteiger partial charge < -0.3 is 44.6 Å². The SMILES string of the molecule is COc1cc([C@@H]2CC(=O)C[C@H](OC(C)=O)CC[C@@]3(C=CC=C[C@H]3C)Cc3c[nH]cc3CCC3=CCNC(=C3)N(CCC(C)=O)c3ccc(CO)c4cn2cc34)cc(O)c1O. The molecule has 0 saturated heterocycles. The largest absolute Gasteiger partial charge is 0.504 e. The van der Waals surface area contributed by atoms with Gasteiger partial charge in [-0.05, 0) is 102 Å². The summed E-state index contributed by atoms with van der Waals surface area (Å²) in [6, 6.07) is 6.13. The Morgan fingerprint density at radius 1 is 1.02 bits per heavy atom. The summed E-state index contributed by atoms with van der Waals surface area (Å²) in [5.41, 5.74) is 5.31. The first kappa shape index (κ1) is 42.1. The maximum absolute atomic E-state index is 14.4. The van der Waals surface area contributed by atoms with E-state index in [1.165, 1.54) is 36.8 Å². The van der Waals surface area contributed by atoms with Crippen molar-refractivity contribution in [1.82, 2.24) is 14.9 Å². The number of carbonyl (C=O) groups excluding carboxylic acids is 3. The summed E-state index contributed by atoms with van der Waals surface area (Å²) < 4.78 is 13.2. The molecule has 0 amide bonds. The molecule has 60 heavy (non-hydrogen) atoms. The molecule has 1 aliphatic carbocycles. The fourth-order valence-corrected chi connectivity index (χ4v) is 9.08. The lowest BCUT2D eigenvalue weighted by Gasteiger charge is -2.38. The van der Waals surface area contributed by atoms with Gasteiger partial charge >= 0.3 is 5.97 Å². The molecule has 7 rings (SSSR count). The van der Waals surface area contributed by atoms with Crippen LogP contribution in [0.15, 0.2) is 96.9 Å². The van der Waals surface area contributed by atoms with Crippen molar-refractivity contribution in [3.8, 4) is 17.2 Å². The molecule has 3 aliphatic rings. The number of aryl methyl sites for hydroxylation is 1. The van der Waals surface area contributed by atoms with Crippen molar-refractivity contribution in [2.24, 2.45) is 11.3 Å². The van der Waals surface area contributed by atoms with Crippen molar-refractivity contribution < 1.29 is 39.2 Å². The van der Waals surface area contributed by atoms with Crippen LogP contribution in [0.4, 0.5) is 5.69 Å². The summed E-state index contributed by atoms with van der Waals surface area (Å²) in [5, 5.41) is 37.1. The number of carbonyl (C=O) groups is 3. The number of aromatic hydroxyl groups is 2. The zero-order valence-electron chi connectivity index (χ0n) is 34.9. The van der Waals surface area contributed by atoms with E-state index in [-0.39, 0.29) is 48.1 Å². The standard InChI is InChI=1S/C48H56N4O8/c1-30-7-5-6-15-48(30)16-12-39(60-32(3)55)22-38(56)23-43(36-20-44(57)47(58)45(21-36)59-4)51-27-40-35(29-53)10-11-42(41(40)28-51)52(18-14-31(2)54)46-19-33(13-17-50-46)8-9-34-25-49-26-37(34)24-48/h5-7,10-11,13,15,19-21,25-28,30,39,43,49-50,53,57-58H,8-9,12,14,16-18,22-24,29H2,1-4H3/t30-,39-,43+,48+/m1/s1. The average Bonchev–Trinajstić information content (AvgIpc) is 3.87. The highest BCUT2D eigenvalue weighted by Gasteiger charge is 2.36. The van der Waals surface area contributed by atoms with Gasteiger partial charge in [0, 0.05) is 74.8 Å². The van der Waals surface area contributed by atoms with E-state index in [9.17, 15) is 29.7 Å². The number of allylic oxidation sites excluding steroid dienone is 6. The Bertz CT molecular complexity index is 2380. The molecule has 2 aliphatic heterocycles. The minimum atomic E-state index is -0.714. The fourth-order valence-electron chi connectivity index (χ4n) is 9.08. The fraction of sp³-hybridized carbons (Fsp3) is 0.396. The van der Waals surface area contributed by atoms with Crippen molar-refractivity contribution in [3.05, 3.63) is 119 Å². The molecule has 4 atom stereocenters. The van der Waals surface area contributed by atoms with Crippen LogP contribution in [-0.4, -0.2) is 68.7 Å². The number of phenolic OH excluding ortho intramolecular Hbond substituents is 2. The molecule has 2 aromatic heterocycles. The van der Waals surface area contributed by atoms with Crippen LogP contribution in [0.5, 0.6) is 17.2 Å². The number of hydrogen-bond acceptors (Lipinski definition) is 10. The number of methoxy groups -OCH3 is 1. The number of hydrogen-bond donors (Lipinski definition) is 5. The molecule has 316 valence electrons. The zero-order valence-corrected chi connectivity index (χ0v) is 34.9.